The molecule has 0 saturated heterocycles. The van der Waals surface area contributed by atoms with Crippen LogP contribution in [0.2, 0.25) is 0 Å². The molecule has 0 heterocycles. The molecule has 0 spiro atoms. The molecule has 0 aliphatic carbocycles. The first kappa shape index (κ1) is 15.5. The van der Waals surface area contributed by atoms with Crippen LogP contribution in [0.5, 0.6) is 0 Å². The molecule has 1 amide bonds. The summed E-state index contributed by atoms with van der Waals surface area (Å²) in [6.07, 6.45) is 3.17. The molecule has 19 heavy (non-hydrogen) atoms. The predicted octanol–water partition coefficient (Wildman–Crippen LogP) is 1.42. The van der Waals surface area contributed by atoms with Gasteiger partial charge in [-0.25, -0.2) is 8.42 Å². The monoisotopic (exact) mass is 284 g/mol. The molecule has 0 aromatic heterocycles. The molecule has 0 unspecified atom stereocenters. The standard InChI is InChI=1S/C13H20N2O3S/c1-3-4-9-14-13(16)10-15-11-5-7-12(8-6-11)19(2,17)18/h5-8,15H,3-4,9-10H2,1-2H3,(H,14,16). The molecule has 2 N–H and O–H groups in total. The van der Waals surface area contributed by atoms with E-state index >= 15 is 0 Å². The second kappa shape index (κ2) is 7.13. The average Bonchev–Trinajstić information content (AvgIpc) is 2.36. The Kier molecular flexibility index (Phi) is 5.82. The number of sulfone groups is 1. The molecule has 0 atom stereocenters. The maximum absolute atomic E-state index is 11.4. The van der Waals surface area contributed by atoms with Gasteiger partial charge in [-0.2, -0.15) is 0 Å². The van der Waals surface area contributed by atoms with Crippen LogP contribution in [0.3, 0.4) is 0 Å². The van der Waals surface area contributed by atoms with E-state index in [1.807, 2.05) is 0 Å². The van der Waals surface area contributed by atoms with Crippen molar-refractivity contribution in [3.05, 3.63) is 24.3 Å². The first-order valence-electron chi connectivity index (χ1n) is 6.24. The molecule has 0 bridgehead atoms. The summed E-state index contributed by atoms with van der Waals surface area (Å²) in [6, 6.07) is 6.34. The summed E-state index contributed by atoms with van der Waals surface area (Å²) < 4.78 is 22.5. The highest BCUT2D eigenvalue weighted by molar-refractivity contribution is 7.90. The van der Waals surface area contributed by atoms with E-state index in [0.717, 1.165) is 24.8 Å². The summed E-state index contributed by atoms with van der Waals surface area (Å²) in [5.74, 6) is -0.0689. The molecule has 0 saturated carbocycles. The lowest BCUT2D eigenvalue weighted by Gasteiger charge is -2.07. The van der Waals surface area contributed by atoms with Crippen LogP contribution in [0.1, 0.15) is 19.8 Å². The second-order valence-electron chi connectivity index (χ2n) is 4.35. The van der Waals surface area contributed by atoms with E-state index in [4.69, 9.17) is 0 Å². The molecular formula is C13H20N2O3S. The van der Waals surface area contributed by atoms with Crippen LogP contribution in [0.25, 0.3) is 0 Å². The third kappa shape index (κ3) is 5.74. The Labute approximate surface area is 114 Å². The Balaban J connectivity index is 2.44. The van der Waals surface area contributed by atoms with E-state index in [9.17, 15) is 13.2 Å². The summed E-state index contributed by atoms with van der Waals surface area (Å²) in [4.78, 5) is 11.7. The van der Waals surface area contributed by atoms with Gasteiger partial charge in [0.05, 0.1) is 11.4 Å². The van der Waals surface area contributed by atoms with E-state index in [1.54, 1.807) is 12.1 Å². The Bertz CT molecular complexity index is 509. The van der Waals surface area contributed by atoms with Crippen molar-refractivity contribution in [2.24, 2.45) is 0 Å². The van der Waals surface area contributed by atoms with Crippen LogP contribution in [-0.2, 0) is 14.6 Å². The molecule has 1 aromatic carbocycles. The van der Waals surface area contributed by atoms with Gasteiger partial charge >= 0.3 is 0 Å². The van der Waals surface area contributed by atoms with Gasteiger partial charge in [-0.05, 0) is 30.7 Å². The first-order chi connectivity index (χ1) is 8.93. The number of unbranched alkanes of at least 4 members (excludes halogenated alkanes) is 1. The molecule has 0 aliphatic rings. The fourth-order valence-electron chi connectivity index (χ4n) is 1.47. The van der Waals surface area contributed by atoms with Crippen LogP contribution >= 0.6 is 0 Å². The van der Waals surface area contributed by atoms with Gasteiger partial charge in [0.2, 0.25) is 5.91 Å². The van der Waals surface area contributed by atoms with Crippen molar-refractivity contribution in [2.45, 2.75) is 24.7 Å². The fraction of sp³-hybridized carbons (Fsp3) is 0.462. The Morgan fingerprint density at radius 3 is 2.37 bits per heavy atom. The summed E-state index contributed by atoms with van der Waals surface area (Å²) in [5.41, 5.74) is 0.720. The normalized spacial score (nSPS) is 11.1. The number of benzene rings is 1. The zero-order valence-electron chi connectivity index (χ0n) is 11.3. The first-order valence-corrected chi connectivity index (χ1v) is 8.13. The molecule has 1 aromatic rings. The van der Waals surface area contributed by atoms with Crippen LogP contribution in [0.15, 0.2) is 29.2 Å². The topological polar surface area (TPSA) is 75.3 Å². The summed E-state index contributed by atoms with van der Waals surface area (Å²) in [7, 11) is -3.17. The number of hydrogen-bond donors (Lipinski definition) is 2. The van der Waals surface area contributed by atoms with Crippen molar-refractivity contribution in [1.29, 1.82) is 0 Å². The van der Waals surface area contributed by atoms with Crippen molar-refractivity contribution < 1.29 is 13.2 Å². The number of anilines is 1. The summed E-state index contributed by atoms with van der Waals surface area (Å²) in [5, 5.41) is 5.74. The maximum Gasteiger partial charge on any atom is 0.239 e. The van der Waals surface area contributed by atoms with Crippen molar-refractivity contribution in [1.82, 2.24) is 5.32 Å². The number of amides is 1. The molecular weight excluding hydrogens is 264 g/mol. The molecule has 1 rings (SSSR count). The molecule has 0 aliphatic heterocycles. The minimum Gasteiger partial charge on any atom is -0.376 e. The fourth-order valence-corrected chi connectivity index (χ4v) is 2.10. The molecule has 0 radical (unpaired) electrons. The van der Waals surface area contributed by atoms with Gasteiger partial charge < -0.3 is 10.6 Å². The van der Waals surface area contributed by atoms with E-state index in [-0.39, 0.29) is 17.3 Å². The predicted molar refractivity (Wildman–Crippen MR) is 76.0 cm³/mol. The Morgan fingerprint density at radius 2 is 1.84 bits per heavy atom. The van der Waals surface area contributed by atoms with Crippen molar-refractivity contribution in [3.63, 3.8) is 0 Å². The number of nitrogens with one attached hydrogen (secondary N) is 2. The minimum atomic E-state index is -3.17. The van der Waals surface area contributed by atoms with Crippen LogP contribution in [0, 0.1) is 0 Å². The van der Waals surface area contributed by atoms with Crippen LogP contribution < -0.4 is 10.6 Å². The Morgan fingerprint density at radius 1 is 1.21 bits per heavy atom. The van der Waals surface area contributed by atoms with Gasteiger partial charge in [0.1, 0.15) is 0 Å². The smallest absolute Gasteiger partial charge is 0.239 e. The van der Waals surface area contributed by atoms with Gasteiger partial charge in [-0.15, -0.1) is 0 Å². The third-order valence-corrected chi connectivity index (χ3v) is 3.72. The zero-order valence-corrected chi connectivity index (χ0v) is 12.1. The lowest BCUT2D eigenvalue weighted by atomic mass is 10.3. The lowest BCUT2D eigenvalue weighted by molar-refractivity contribution is -0.119. The van der Waals surface area contributed by atoms with Crippen LogP contribution in [-0.4, -0.2) is 33.7 Å². The number of carbonyl (C=O) groups excluding carboxylic acids is 1. The maximum atomic E-state index is 11.4. The lowest BCUT2D eigenvalue weighted by Crippen LogP contribution is -2.30. The second-order valence-corrected chi connectivity index (χ2v) is 6.37. The van der Waals surface area contributed by atoms with Gasteiger partial charge in [0, 0.05) is 18.5 Å². The van der Waals surface area contributed by atoms with E-state index < -0.39 is 9.84 Å². The molecule has 0 fully saturated rings. The number of rotatable bonds is 7. The van der Waals surface area contributed by atoms with E-state index in [0.29, 0.717) is 6.54 Å². The quantitative estimate of drug-likeness (QED) is 0.743. The van der Waals surface area contributed by atoms with Gasteiger partial charge in [0.25, 0.3) is 0 Å². The summed E-state index contributed by atoms with van der Waals surface area (Å²) in [6.45, 7) is 2.93. The zero-order chi connectivity index (χ0) is 14.3. The highest BCUT2D eigenvalue weighted by atomic mass is 32.2. The molecule has 5 nitrogen and oxygen atoms in total. The number of carbonyl (C=O) groups is 1. The largest absolute Gasteiger partial charge is 0.376 e. The number of hydrogen-bond acceptors (Lipinski definition) is 4. The highest BCUT2D eigenvalue weighted by Crippen LogP contribution is 2.13. The molecule has 6 heteroatoms. The SMILES string of the molecule is CCCCNC(=O)CNc1ccc(S(C)(=O)=O)cc1. The average molecular weight is 284 g/mol. The molecule has 106 valence electrons. The van der Waals surface area contributed by atoms with Gasteiger partial charge in [-0.1, -0.05) is 13.3 Å². The third-order valence-electron chi connectivity index (χ3n) is 2.59. The van der Waals surface area contributed by atoms with Crippen molar-refractivity contribution in [3.8, 4) is 0 Å². The van der Waals surface area contributed by atoms with Crippen molar-refractivity contribution in [2.75, 3.05) is 24.7 Å². The van der Waals surface area contributed by atoms with E-state index in [1.165, 1.54) is 12.1 Å². The highest BCUT2D eigenvalue weighted by Gasteiger charge is 2.06. The van der Waals surface area contributed by atoms with E-state index in [2.05, 4.69) is 17.6 Å². The minimum absolute atomic E-state index is 0.0689. The van der Waals surface area contributed by atoms with Crippen LogP contribution in [0.4, 0.5) is 5.69 Å². The van der Waals surface area contributed by atoms with Gasteiger partial charge in [-0.3, -0.25) is 4.79 Å². The Hall–Kier alpha value is -1.56. The summed E-state index contributed by atoms with van der Waals surface area (Å²) >= 11 is 0. The van der Waals surface area contributed by atoms with Crippen molar-refractivity contribution >= 4 is 21.4 Å². The van der Waals surface area contributed by atoms with Gasteiger partial charge in [0.15, 0.2) is 9.84 Å².